The Kier molecular flexibility index (Phi) is 6.38. The van der Waals surface area contributed by atoms with Gasteiger partial charge in [-0.1, -0.05) is 0 Å². The number of nitrogens with two attached hydrogens (primary N) is 1. The summed E-state index contributed by atoms with van der Waals surface area (Å²) in [7, 11) is 2.09. The van der Waals surface area contributed by atoms with E-state index in [-0.39, 0.29) is 6.61 Å². The second-order valence-electron chi connectivity index (χ2n) is 4.33. The summed E-state index contributed by atoms with van der Waals surface area (Å²) in [6.07, 6.45) is 0.375. The first kappa shape index (κ1) is 14.3. The first-order valence-electron chi connectivity index (χ1n) is 5.82. The highest BCUT2D eigenvalue weighted by Gasteiger charge is 2.19. The molecule has 0 aromatic heterocycles. The molecule has 0 aliphatic carbocycles. The normalized spacial score (nSPS) is 20.4. The van der Waals surface area contributed by atoms with Crippen molar-refractivity contribution >= 4 is 5.97 Å². The Morgan fingerprint density at radius 2 is 2.12 bits per heavy atom. The molecule has 100 valence electrons. The van der Waals surface area contributed by atoms with Crippen LogP contribution < -0.4 is 11.2 Å². The van der Waals surface area contributed by atoms with Crippen molar-refractivity contribution in [1.82, 2.24) is 15.1 Å². The molecular formula is C10H22N4O3. The first-order valence-corrected chi connectivity index (χ1v) is 5.82. The zero-order valence-corrected chi connectivity index (χ0v) is 10.3. The predicted octanol–water partition coefficient (Wildman–Crippen LogP) is -1.49. The van der Waals surface area contributed by atoms with Crippen molar-refractivity contribution in [3.8, 4) is 0 Å². The monoisotopic (exact) mass is 246 g/mol. The fourth-order valence-corrected chi connectivity index (χ4v) is 1.74. The number of nitrogens with zero attached hydrogens (tertiary/aromatic N) is 2. The summed E-state index contributed by atoms with van der Waals surface area (Å²) in [5, 5.41) is 12.0. The van der Waals surface area contributed by atoms with Gasteiger partial charge in [0.1, 0.15) is 6.04 Å². The second-order valence-corrected chi connectivity index (χ2v) is 4.33. The molecule has 4 N–H and O–H groups in total. The van der Waals surface area contributed by atoms with Gasteiger partial charge in [0.15, 0.2) is 0 Å². The molecule has 1 saturated heterocycles. The van der Waals surface area contributed by atoms with Crippen LogP contribution in [0.3, 0.4) is 0 Å². The van der Waals surface area contributed by atoms with Gasteiger partial charge in [0.05, 0.1) is 6.61 Å². The van der Waals surface area contributed by atoms with Gasteiger partial charge in [-0.3, -0.25) is 15.0 Å². The molecular weight excluding hydrogens is 224 g/mol. The zero-order chi connectivity index (χ0) is 12.7. The topological polar surface area (TPSA) is 91.1 Å². The van der Waals surface area contributed by atoms with E-state index in [9.17, 15) is 4.79 Å². The number of hydrogen-bond donors (Lipinski definition) is 3. The average Bonchev–Trinajstić information content (AvgIpc) is 2.31. The molecule has 1 fully saturated rings. The molecule has 0 unspecified atom stereocenters. The van der Waals surface area contributed by atoms with E-state index in [0.717, 1.165) is 26.2 Å². The Balaban J connectivity index is 2.23. The minimum atomic E-state index is -0.865. The van der Waals surface area contributed by atoms with E-state index in [1.165, 1.54) is 0 Å². The summed E-state index contributed by atoms with van der Waals surface area (Å²) in [4.78, 5) is 19.8. The van der Waals surface area contributed by atoms with Gasteiger partial charge < -0.3 is 14.8 Å². The van der Waals surface area contributed by atoms with Gasteiger partial charge in [0.25, 0.3) is 0 Å². The van der Waals surface area contributed by atoms with Crippen molar-refractivity contribution < 1.29 is 14.7 Å². The van der Waals surface area contributed by atoms with E-state index in [1.807, 2.05) is 0 Å². The number of aliphatic carboxylic acids is 1. The predicted molar refractivity (Wildman–Crippen MR) is 63.3 cm³/mol. The Labute approximate surface area is 101 Å². The summed E-state index contributed by atoms with van der Waals surface area (Å²) in [5.74, 6) is 4.03. The van der Waals surface area contributed by atoms with Crippen molar-refractivity contribution in [2.24, 2.45) is 5.90 Å². The van der Waals surface area contributed by atoms with Crippen molar-refractivity contribution in [2.45, 2.75) is 12.5 Å². The van der Waals surface area contributed by atoms with Crippen LogP contribution >= 0.6 is 0 Å². The molecule has 1 atom stereocenters. The van der Waals surface area contributed by atoms with Crippen molar-refractivity contribution in [1.29, 1.82) is 0 Å². The van der Waals surface area contributed by atoms with Crippen LogP contribution in [0.15, 0.2) is 0 Å². The van der Waals surface area contributed by atoms with Gasteiger partial charge in [-0.15, -0.1) is 0 Å². The van der Waals surface area contributed by atoms with Crippen molar-refractivity contribution in [3.63, 3.8) is 0 Å². The molecule has 1 aliphatic heterocycles. The molecule has 1 aliphatic rings. The second kappa shape index (κ2) is 7.57. The highest BCUT2D eigenvalue weighted by atomic mass is 16.6. The van der Waals surface area contributed by atoms with Crippen molar-refractivity contribution in [2.75, 3.05) is 46.5 Å². The van der Waals surface area contributed by atoms with E-state index < -0.39 is 12.0 Å². The lowest BCUT2D eigenvalue weighted by atomic mass is 10.2. The number of carboxylic acid groups (broad SMARTS) is 1. The van der Waals surface area contributed by atoms with Gasteiger partial charge in [-0.25, -0.2) is 5.90 Å². The molecule has 1 rings (SSSR count). The largest absolute Gasteiger partial charge is 0.480 e. The molecule has 17 heavy (non-hydrogen) atoms. The molecule has 0 saturated carbocycles. The number of rotatable bonds is 7. The third-order valence-corrected chi connectivity index (χ3v) is 2.98. The quantitative estimate of drug-likeness (QED) is 0.472. The number of likely N-dealkylation sites (N-methyl/N-ethyl adjacent to an activating group) is 1. The van der Waals surface area contributed by atoms with E-state index >= 15 is 0 Å². The maximum Gasteiger partial charge on any atom is 0.320 e. The third-order valence-electron chi connectivity index (χ3n) is 2.98. The minimum absolute atomic E-state index is 0.243. The number of piperazine rings is 1. The number of hydrogen-bond acceptors (Lipinski definition) is 6. The fraction of sp³-hybridized carbons (Fsp3) is 0.900. The number of carboxylic acids is 1. The van der Waals surface area contributed by atoms with Crippen LogP contribution in [-0.4, -0.2) is 73.4 Å². The molecule has 0 radical (unpaired) electrons. The maximum atomic E-state index is 10.9. The summed E-state index contributed by atoms with van der Waals surface area (Å²) >= 11 is 0. The SMILES string of the molecule is CN1CCN(CN[C@@H](CCON)C(=O)O)CC1. The minimum Gasteiger partial charge on any atom is -0.480 e. The number of carbonyl (C=O) groups is 1. The molecule has 1 heterocycles. The summed E-state index contributed by atoms with van der Waals surface area (Å²) in [6, 6.07) is -0.599. The Morgan fingerprint density at radius 1 is 1.47 bits per heavy atom. The van der Waals surface area contributed by atoms with Crippen LogP contribution in [0.4, 0.5) is 0 Å². The molecule has 0 bridgehead atoms. The zero-order valence-electron chi connectivity index (χ0n) is 10.3. The summed E-state index contributed by atoms with van der Waals surface area (Å²) in [5.41, 5.74) is 0. The Bertz CT molecular complexity index is 232. The van der Waals surface area contributed by atoms with Gasteiger partial charge in [0, 0.05) is 32.8 Å². The lowest BCUT2D eigenvalue weighted by molar-refractivity contribution is -0.140. The van der Waals surface area contributed by atoms with Crippen LogP contribution in [0.25, 0.3) is 0 Å². The van der Waals surface area contributed by atoms with Gasteiger partial charge in [0.2, 0.25) is 0 Å². The highest BCUT2D eigenvalue weighted by molar-refractivity contribution is 5.73. The molecule has 0 aromatic carbocycles. The van der Waals surface area contributed by atoms with E-state index in [2.05, 4.69) is 27.0 Å². The van der Waals surface area contributed by atoms with E-state index in [1.54, 1.807) is 0 Å². The molecule has 0 aromatic rings. The maximum absolute atomic E-state index is 10.9. The Hall–Kier alpha value is -0.730. The van der Waals surface area contributed by atoms with Gasteiger partial charge >= 0.3 is 5.97 Å². The third kappa shape index (κ3) is 5.42. The van der Waals surface area contributed by atoms with Crippen LogP contribution in [0.2, 0.25) is 0 Å². The molecule has 7 heteroatoms. The van der Waals surface area contributed by atoms with Crippen molar-refractivity contribution in [3.05, 3.63) is 0 Å². The van der Waals surface area contributed by atoms with E-state index in [0.29, 0.717) is 13.1 Å². The lowest BCUT2D eigenvalue weighted by Gasteiger charge is -2.33. The standard InChI is InChI=1S/C10H22N4O3/c1-13-3-5-14(6-4-13)8-12-9(10(15)16)2-7-17-11/h9,12H,2-8,11H2,1H3,(H,15,16)/t9-/m0/s1. The van der Waals surface area contributed by atoms with E-state index in [4.69, 9.17) is 11.0 Å². The van der Waals surface area contributed by atoms with Gasteiger partial charge in [-0.05, 0) is 13.5 Å². The van der Waals surface area contributed by atoms with Crippen LogP contribution in [0.1, 0.15) is 6.42 Å². The number of nitrogens with one attached hydrogen (secondary N) is 1. The molecule has 0 spiro atoms. The first-order chi connectivity index (χ1) is 8.13. The summed E-state index contributed by atoms with van der Waals surface area (Å²) < 4.78 is 0. The average molecular weight is 246 g/mol. The smallest absolute Gasteiger partial charge is 0.320 e. The fourth-order valence-electron chi connectivity index (χ4n) is 1.74. The highest BCUT2D eigenvalue weighted by Crippen LogP contribution is 1.99. The van der Waals surface area contributed by atoms with Gasteiger partial charge in [-0.2, -0.15) is 0 Å². The summed E-state index contributed by atoms with van der Waals surface area (Å²) in [6.45, 7) is 4.80. The van der Waals surface area contributed by atoms with Crippen LogP contribution in [0.5, 0.6) is 0 Å². The molecule has 0 amide bonds. The van der Waals surface area contributed by atoms with Crippen LogP contribution in [0, 0.1) is 0 Å². The molecule has 7 nitrogen and oxygen atoms in total. The lowest BCUT2D eigenvalue weighted by Crippen LogP contribution is -2.50. The van der Waals surface area contributed by atoms with Crippen LogP contribution in [-0.2, 0) is 9.63 Å². The Morgan fingerprint density at radius 3 is 2.65 bits per heavy atom.